The van der Waals surface area contributed by atoms with Crippen LogP contribution in [0.1, 0.15) is 29.2 Å². The predicted molar refractivity (Wildman–Crippen MR) is 98.2 cm³/mol. The first-order chi connectivity index (χ1) is 13.6. The van der Waals surface area contributed by atoms with Crippen molar-refractivity contribution >= 4 is 5.91 Å². The minimum Gasteiger partial charge on any atom is -0.434 e. The standard InChI is InChI=1S/C20H18FN5O2/c1-12-18(26-11-25(10-13-4-5-13)20(27)19(26)23-12)14-6-7-16(15(21)9-14)28-17-3-2-8-22-24-17/h2-3,6-9,13H,4-5,10-11H2,1H3. The lowest BCUT2D eigenvalue weighted by Gasteiger charge is -2.16. The van der Waals surface area contributed by atoms with E-state index in [-0.39, 0.29) is 17.5 Å². The Bertz CT molecular complexity index is 1060. The van der Waals surface area contributed by atoms with Crippen LogP contribution in [0, 0.1) is 18.7 Å². The molecule has 1 fully saturated rings. The zero-order chi connectivity index (χ0) is 19.3. The van der Waals surface area contributed by atoms with Crippen LogP contribution in [0.5, 0.6) is 11.6 Å². The molecule has 5 rings (SSSR count). The van der Waals surface area contributed by atoms with E-state index in [1.807, 2.05) is 16.4 Å². The lowest BCUT2D eigenvalue weighted by atomic mass is 10.1. The molecule has 0 radical (unpaired) electrons. The Balaban J connectivity index is 1.45. The van der Waals surface area contributed by atoms with E-state index in [1.54, 1.807) is 24.3 Å². The Kier molecular flexibility index (Phi) is 3.85. The van der Waals surface area contributed by atoms with E-state index in [0.717, 1.165) is 12.2 Å². The molecule has 0 bridgehead atoms. The van der Waals surface area contributed by atoms with Gasteiger partial charge in [0.25, 0.3) is 5.91 Å². The first-order valence-corrected chi connectivity index (χ1v) is 9.22. The second-order valence-corrected chi connectivity index (χ2v) is 7.22. The summed E-state index contributed by atoms with van der Waals surface area (Å²) in [5.41, 5.74) is 2.12. The van der Waals surface area contributed by atoms with Crippen LogP contribution >= 0.6 is 0 Å². The number of ether oxygens (including phenoxy) is 1. The number of amides is 1. The van der Waals surface area contributed by atoms with Gasteiger partial charge >= 0.3 is 0 Å². The van der Waals surface area contributed by atoms with Crippen molar-refractivity contribution in [2.45, 2.75) is 26.4 Å². The minimum atomic E-state index is -0.516. The molecule has 0 unspecified atom stereocenters. The van der Waals surface area contributed by atoms with Gasteiger partial charge in [0, 0.05) is 24.4 Å². The van der Waals surface area contributed by atoms with E-state index in [0.29, 0.717) is 29.7 Å². The van der Waals surface area contributed by atoms with E-state index in [1.165, 1.54) is 25.1 Å². The van der Waals surface area contributed by atoms with E-state index >= 15 is 0 Å². The maximum absolute atomic E-state index is 14.7. The summed E-state index contributed by atoms with van der Waals surface area (Å²) in [6.07, 6.45) is 3.87. The van der Waals surface area contributed by atoms with Crippen LogP contribution in [0.15, 0.2) is 36.5 Å². The highest BCUT2D eigenvalue weighted by Gasteiger charge is 2.36. The van der Waals surface area contributed by atoms with Crippen molar-refractivity contribution in [3.63, 3.8) is 0 Å². The van der Waals surface area contributed by atoms with Gasteiger partial charge in [-0.25, -0.2) is 9.37 Å². The Morgan fingerprint density at radius 1 is 1.29 bits per heavy atom. The molecule has 1 amide bonds. The number of aryl methyl sites for hydroxylation is 1. The topological polar surface area (TPSA) is 73.1 Å². The number of carbonyl (C=O) groups excluding carboxylic acids is 1. The third-order valence-electron chi connectivity index (χ3n) is 5.08. The minimum absolute atomic E-state index is 0.0515. The molecule has 0 spiro atoms. The molecule has 1 aliphatic heterocycles. The quantitative estimate of drug-likeness (QED) is 0.679. The SMILES string of the molecule is Cc1nc2n(c1-c1ccc(Oc3cccnn3)c(F)c1)CN(CC1CC1)C2=O. The zero-order valence-electron chi connectivity index (χ0n) is 15.3. The van der Waals surface area contributed by atoms with Crippen molar-refractivity contribution in [1.82, 2.24) is 24.6 Å². The number of nitrogens with zero attached hydrogens (tertiary/aromatic N) is 5. The lowest BCUT2D eigenvalue weighted by Crippen LogP contribution is -2.27. The summed E-state index contributed by atoms with van der Waals surface area (Å²) in [7, 11) is 0. The number of carbonyl (C=O) groups is 1. The van der Waals surface area contributed by atoms with Crippen molar-refractivity contribution in [1.29, 1.82) is 0 Å². The second-order valence-electron chi connectivity index (χ2n) is 7.22. The van der Waals surface area contributed by atoms with E-state index in [4.69, 9.17) is 4.74 Å². The van der Waals surface area contributed by atoms with Crippen molar-refractivity contribution in [2.75, 3.05) is 6.54 Å². The monoisotopic (exact) mass is 379 g/mol. The number of aromatic nitrogens is 4. The van der Waals surface area contributed by atoms with Gasteiger partial charge in [0.1, 0.15) is 0 Å². The summed E-state index contributed by atoms with van der Waals surface area (Å²) in [6.45, 7) is 3.06. The van der Waals surface area contributed by atoms with E-state index in [2.05, 4.69) is 15.2 Å². The Labute approximate surface area is 160 Å². The largest absolute Gasteiger partial charge is 0.434 e. The van der Waals surface area contributed by atoms with Crippen LogP contribution < -0.4 is 4.74 Å². The number of imidazole rings is 1. The Morgan fingerprint density at radius 2 is 2.14 bits per heavy atom. The maximum Gasteiger partial charge on any atom is 0.291 e. The molecule has 0 saturated heterocycles. The van der Waals surface area contributed by atoms with Crippen LogP contribution in [0.4, 0.5) is 4.39 Å². The third-order valence-corrected chi connectivity index (χ3v) is 5.08. The highest BCUT2D eigenvalue weighted by Crippen LogP contribution is 2.35. The summed E-state index contributed by atoms with van der Waals surface area (Å²) in [6, 6.07) is 7.99. The summed E-state index contributed by atoms with van der Waals surface area (Å²) >= 11 is 0. The number of halogens is 1. The Morgan fingerprint density at radius 3 is 2.86 bits per heavy atom. The molecular formula is C20H18FN5O2. The van der Waals surface area contributed by atoms with Crippen molar-refractivity contribution in [2.24, 2.45) is 5.92 Å². The smallest absolute Gasteiger partial charge is 0.291 e. The molecule has 0 N–H and O–H groups in total. The fraction of sp³-hybridized carbons (Fsp3) is 0.300. The van der Waals surface area contributed by atoms with Crippen LogP contribution in [0.2, 0.25) is 0 Å². The average molecular weight is 379 g/mol. The molecular weight excluding hydrogens is 361 g/mol. The molecule has 2 aromatic heterocycles. The highest BCUT2D eigenvalue weighted by molar-refractivity contribution is 5.94. The lowest BCUT2D eigenvalue weighted by molar-refractivity contribution is 0.0758. The molecule has 0 atom stereocenters. The zero-order valence-corrected chi connectivity index (χ0v) is 15.3. The van der Waals surface area contributed by atoms with Gasteiger partial charge < -0.3 is 14.2 Å². The summed E-state index contributed by atoms with van der Waals surface area (Å²) in [5, 5.41) is 7.51. The van der Waals surface area contributed by atoms with E-state index < -0.39 is 5.82 Å². The van der Waals surface area contributed by atoms with Gasteiger partial charge in [-0.15, -0.1) is 5.10 Å². The maximum atomic E-state index is 14.7. The summed E-state index contributed by atoms with van der Waals surface area (Å²) in [4.78, 5) is 18.9. The van der Waals surface area contributed by atoms with Gasteiger partial charge in [0.2, 0.25) is 11.7 Å². The van der Waals surface area contributed by atoms with Crippen molar-refractivity contribution in [3.8, 4) is 22.9 Å². The number of rotatable bonds is 5. The molecule has 2 aliphatic rings. The normalized spacial score (nSPS) is 15.8. The summed E-state index contributed by atoms with van der Waals surface area (Å²) < 4.78 is 22.0. The number of benzene rings is 1. The van der Waals surface area contributed by atoms with Gasteiger partial charge in [-0.1, -0.05) is 0 Å². The molecule has 1 aliphatic carbocycles. The second kappa shape index (κ2) is 6.40. The number of hydrogen-bond donors (Lipinski definition) is 0. The average Bonchev–Trinajstić information content (AvgIpc) is 3.38. The predicted octanol–water partition coefficient (Wildman–Crippen LogP) is 3.40. The number of fused-ring (bicyclic) bond motifs is 1. The van der Waals surface area contributed by atoms with E-state index in [9.17, 15) is 9.18 Å². The van der Waals surface area contributed by atoms with Gasteiger partial charge in [-0.05, 0) is 49.9 Å². The van der Waals surface area contributed by atoms with Crippen LogP contribution in [-0.2, 0) is 6.67 Å². The van der Waals surface area contributed by atoms with Crippen LogP contribution in [0.3, 0.4) is 0 Å². The van der Waals surface area contributed by atoms with Gasteiger partial charge in [0.15, 0.2) is 11.6 Å². The van der Waals surface area contributed by atoms with Gasteiger partial charge in [0.05, 0.1) is 18.1 Å². The van der Waals surface area contributed by atoms with Crippen LogP contribution in [-0.4, -0.2) is 37.1 Å². The first kappa shape index (κ1) is 16.9. The molecule has 7 nitrogen and oxygen atoms in total. The van der Waals surface area contributed by atoms with Crippen molar-refractivity contribution in [3.05, 3.63) is 53.9 Å². The molecule has 28 heavy (non-hydrogen) atoms. The molecule has 142 valence electrons. The number of hydrogen-bond acceptors (Lipinski definition) is 5. The van der Waals surface area contributed by atoms with Gasteiger partial charge in [-0.3, -0.25) is 4.79 Å². The van der Waals surface area contributed by atoms with Crippen molar-refractivity contribution < 1.29 is 13.9 Å². The fourth-order valence-corrected chi connectivity index (χ4v) is 3.55. The Hall–Kier alpha value is -3.29. The molecule has 3 heterocycles. The molecule has 1 saturated carbocycles. The molecule has 3 aromatic rings. The highest BCUT2D eigenvalue weighted by atomic mass is 19.1. The first-order valence-electron chi connectivity index (χ1n) is 9.22. The summed E-state index contributed by atoms with van der Waals surface area (Å²) in [5.74, 6) is 0.745. The molecule has 1 aromatic carbocycles. The van der Waals surface area contributed by atoms with Gasteiger partial charge in [-0.2, -0.15) is 5.10 Å². The third kappa shape index (κ3) is 2.90. The fourth-order valence-electron chi connectivity index (χ4n) is 3.55. The molecule has 8 heteroatoms. The van der Waals surface area contributed by atoms with Crippen LogP contribution in [0.25, 0.3) is 11.3 Å².